The molecule has 8 nitrogen and oxygen atoms in total. The van der Waals surface area contributed by atoms with Gasteiger partial charge in [0, 0.05) is 11.6 Å². The minimum absolute atomic E-state index is 0.104. The molecule has 3 N–H and O–H groups in total. The van der Waals surface area contributed by atoms with Gasteiger partial charge in [-0.05, 0) is 19.9 Å². The van der Waals surface area contributed by atoms with Crippen molar-refractivity contribution in [3.8, 4) is 6.07 Å². The monoisotopic (exact) mass is 393 g/mol. The normalized spacial score (nSPS) is 12.3. The minimum atomic E-state index is -4.03. The molecule has 0 radical (unpaired) electrons. The first-order chi connectivity index (χ1) is 12.2. The van der Waals surface area contributed by atoms with Gasteiger partial charge in [0.25, 0.3) is 10.0 Å². The molecule has 2 heterocycles. The number of nitriles is 1. The zero-order valence-electron chi connectivity index (χ0n) is 14.0. The summed E-state index contributed by atoms with van der Waals surface area (Å²) < 4.78 is 29.3. The minimum Gasteiger partial charge on any atom is -0.394 e. The van der Waals surface area contributed by atoms with Crippen molar-refractivity contribution in [3.63, 3.8) is 0 Å². The number of aliphatic hydroxyl groups is 1. The highest BCUT2D eigenvalue weighted by Gasteiger charge is 2.29. The molecule has 3 aromatic rings. The second-order valence-electron chi connectivity index (χ2n) is 6.33. The summed E-state index contributed by atoms with van der Waals surface area (Å²) in [5, 5.41) is 23.1. The summed E-state index contributed by atoms with van der Waals surface area (Å²) >= 11 is 6.20. The van der Waals surface area contributed by atoms with Crippen molar-refractivity contribution in [2.45, 2.75) is 24.3 Å². The van der Waals surface area contributed by atoms with Crippen LogP contribution in [0.15, 0.2) is 35.5 Å². The van der Waals surface area contributed by atoms with Crippen molar-refractivity contribution in [2.24, 2.45) is 0 Å². The molecule has 0 saturated heterocycles. The van der Waals surface area contributed by atoms with Gasteiger partial charge in [-0.3, -0.25) is 4.72 Å². The van der Waals surface area contributed by atoms with E-state index in [2.05, 4.69) is 14.8 Å². The van der Waals surface area contributed by atoms with E-state index < -0.39 is 15.6 Å². The lowest BCUT2D eigenvalue weighted by Gasteiger charge is -2.23. The number of H-pyrrole nitrogens is 1. The van der Waals surface area contributed by atoms with Crippen LogP contribution < -0.4 is 4.72 Å². The summed E-state index contributed by atoms with van der Waals surface area (Å²) in [6, 6.07) is 6.98. The van der Waals surface area contributed by atoms with Crippen LogP contribution in [-0.4, -0.2) is 34.9 Å². The van der Waals surface area contributed by atoms with Crippen LogP contribution in [-0.2, 0) is 15.6 Å². The Labute approximate surface area is 155 Å². The molecule has 10 heteroatoms. The van der Waals surface area contributed by atoms with Gasteiger partial charge in [-0.1, -0.05) is 23.7 Å². The molecular formula is C16H16ClN5O3S. The predicted octanol–water partition coefficient (Wildman–Crippen LogP) is 2.42. The Bertz CT molecular complexity index is 1120. The number of aliphatic hydroxyl groups excluding tert-OH is 1. The number of aromatic amines is 1. The van der Waals surface area contributed by atoms with Crippen molar-refractivity contribution >= 4 is 38.2 Å². The molecule has 0 unspecified atom stereocenters. The Balaban J connectivity index is 2.04. The van der Waals surface area contributed by atoms with Crippen LogP contribution >= 0.6 is 11.6 Å². The molecule has 1 aromatic carbocycles. The molecule has 2 aromatic heterocycles. The summed E-state index contributed by atoms with van der Waals surface area (Å²) in [6.07, 6.45) is 2.65. The first-order valence-corrected chi connectivity index (χ1v) is 9.45. The van der Waals surface area contributed by atoms with E-state index in [1.54, 1.807) is 32.0 Å². The molecule has 136 valence electrons. The number of nitrogens with one attached hydrogen (secondary N) is 2. The number of benzene rings is 1. The van der Waals surface area contributed by atoms with Crippen LogP contribution in [0, 0.1) is 11.3 Å². The molecule has 0 aliphatic heterocycles. The highest BCUT2D eigenvalue weighted by atomic mass is 35.5. The van der Waals surface area contributed by atoms with Crippen LogP contribution in [0.2, 0.25) is 5.15 Å². The SMILES string of the molecule is CC(C)(CO)n1ncc(S(=O)(=O)Nc2cccc3c(C#N)c[nH]c23)c1Cl. The summed E-state index contributed by atoms with van der Waals surface area (Å²) in [4.78, 5) is 2.69. The number of aromatic nitrogens is 3. The van der Waals surface area contributed by atoms with Crippen molar-refractivity contribution in [1.29, 1.82) is 5.26 Å². The predicted molar refractivity (Wildman–Crippen MR) is 97.5 cm³/mol. The Morgan fingerprint density at radius 1 is 1.46 bits per heavy atom. The van der Waals surface area contributed by atoms with Gasteiger partial charge in [0.05, 0.1) is 35.1 Å². The first-order valence-electron chi connectivity index (χ1n) is 7.59. The van der Waals surface area contributed by atoms with E-state index in [-0.39, 0.29) is 22.3 Å². The Morgan fingerprint density at radius 3 is 2.85 bits per heavy atom. The summed E-state index contributed by atoms with van der Waals surface area (Å²) in [5.41, 5.74) is 0.337. The van der Waals surface area contributed by atoms with Crippen LogP contribution in [0.3, 0.4) is 0 Å². The van der Waals surface area contributed by atoms with Gasteiger partial charge in [-0.15, -0.1) is 0 Å². The fraction of sp³-hybridized carbons (Fsp3) is 0.250. The summed E-state index contributed by atoms with van der Waals surface area (Å²) in [5.74, 6) is 0. The lowest BCUT2D eigenvalue weighted by molar-refractivity contribution is 0.152. The van der Waals surface area contributed by atoms with Gasteiger partial charge in [-0.25, -0.2) is 13.1 Å². The second-order valence-corrected chi connectivity index (χ2v) is 8.34. The van der Waals surface area contributed by atoms with Crippen molar-refractivity contribution in [3.05, 3.63) is 41.3 Å². The highest BCUT2D eigenvalue weighted by Crippen LogP contribution is 2.30. The van der Waals surface area contributed by atoms with Gasteiger partial charge in [0.2, 0.25) is 0 Å². The third kappa shape index (κ3) is 2.92. The smallest absolute Gasteiger partial charge is 0.266 e. The van der Waals surface area contributed by atoms with Gasteiger partial charge < -0.3 is 10.1 Å². The molecule has 0 bridgehead atoms. The summed E-state index contributed by atoms with van der Waals surface area (Å²) in [7, 11) is -4.03. The van der Waals surface area contributed by atoms with Crippen molar-refractivity contribution in [1.82, 2.24) is 14.8 Å². The zero-order valence-corrected chi connectivity index (χ0v) is 15.6. The van der Waals surface area contributed by atoms with Gasteiger partial charge >= 0.3 is 0 Å². The van der Waals surface area contributed by atoms with E-state index in [1.807, 2.05) is 6.07 Å². The number of hydrogen-bond donors (Lipinski definition) is 3. The fourth-order valence-corrected chi connectivity index (χ4v) is 4.21. The Hall–Kier alpha value is -2.54. The molecular weight excluding hydrogens is 378 g/mol. The van der Waals surface area contributed by atoms with E-state index in [4.69, 9.17) is 16.9 Å². The third-order valence-electron chi connectivity index (χ3n) is 4.01. The van der Waals surface area contributed by atoms with E-state index in [0.717, 1.165) is 6.20 Å². The van der Waals surface area contributed by atoms with Crippen molar-refractivity contribution < 1.29 is 13.5 Å². The Kier molecular flexibility index (Phi) is 4.44. The maximum atomic E-state index is 12.8. The largest absolute Gasteiger partial charge is 0.394 e. The molecule has 0 atom stereocenters. The van der Waals surface area contributed by atoms with Crippen molar-refractivity contribution in [2.75, 3.05) is 11.3 Å². The number of sulfonamides is 1. The molecule has 0 aliphatic carbocycles. The van der Waals surface area contributed by atoms with Crippen LogP contribution in [0.25, 0.3) is 10.9 Å². The number of rotatable bonds is 5. The molecule has 0 spiro atoms. The van der Waals surface area contributed by atoms with Crippen LogP contribution in [0.5, 0.6) is 0 Å². The van der Waals surface area contributed by atoms with Crippen LogP contribution in [0.1, 0.15) is 19.4 Å². The topological polar surface area (TPSA) is 124 Å². The zero-order chi connectivity index (χ0) is 19.1. The number of fused-ring (bicyclic) bond motifs is 1. The average molecular weight is 394 g/mol. The molecule has 3 rings (SSSR count). The van der Waals surface area contributed by atoms with E-state index in [1.165, 1.54) is 10.9 Å². The lowest BCUT2D eigenvalue weighted by Crippen LogP contribution is -2.31. The Morgan fingerprint density at radius 2 is 2.19 bits per heavy atom. The number of anilines is 1. The quantitative estimate of drug-likeness (QED) is 0.614. The maximum Gasteiger partial charge on any atom is 0.266 e. The third-order valence-corrected chi connectivity index (χ3v) is 5.85. The standard InChI is InChI=1S/C16H16ClN5O3S/c1-16(2,9-23)22-15(17)13(8-20-22)26(24,25)21-12-5-3-4-11-10(6-18)7-19-14(11)12/h3-5,7-8,19,21,23H,9H2,1-2H3. The molecule has 0 saturated carbocycles. The number of halogens is 1. The lowest BCUT2D eigenvalue weighted by atomic mass is 10.1. The average Bonchev–Trinajstić information content (AvgIpc) is 3.19. The van der Waals surface area contributed by atoms with Gasteiger partial charge in [0.1, 0.15) is 16.1 Å². The molecule has 26 heavy (non-hydrogen) atoms. The maximum absolute atomic E-state index is 12.8. The van der Waals surface area contributed by atoms with E-state index >= 15 is 0 Å². The number of nitrogens with zero attached hydrogens (tertiary/aromatic N) is 3. The van der Waals surface area contributed by atoms with Gasteiger partial charge in [0.15, 0.2) is 0 Å². The molecule has 0 amide bonds. The van der Waals surface area contributed by atoms with Crippen LogP contribution in [0.4, 0.5) is 5.69 Å². The second kappa shape index (κ2) is 6.32. The first kappa shape index (κ1) is 18.3. The fourth-order valence-electron chi connectivity index (χ4n) is 2.52. The van der Waals surface area contributed by atoms with E-state index in [9.17, 15) is 13.5 Å². The van der Waals surface area contributed by atoms with Gasteiger partial charge in [-0.2, -0.15) is 10.4 Å². The molecule has 0 aliphatic rings. The summed E-state index contributed by atoms with van der Waals surface area (Å²) in [6.45, 7) is 3.09. The highest BCUT2D eigenvalue weighted by molar-refractivity contribution is 7.92. The van der Waals surface area contributed by atoms with E-state index in [0.29, 0.717) is 16.5 Å². The number of hydrogen-bond acceptors (Lipinski definition) is 5. The number of para-hydroxylation sites is 1. The molecule has 0 fully saturated rings.